The minimum absolute atomic E-state index is 0.972. The molecule has 0 saturated carbocycles. The first-order valence-electron chi connectivity index (χ1n) is 4.92. The van der Waals surface area contributed by atoms with Crippen LogP contribution in [0.1, 0.15) is 0 Å². The van der Waals surface area contributed by atoms with Crippen molar-refractivity contribution in [1.29, 1.82) is 0 Å². The molecule has 0 spiro atoms. The van der Waals surface area contributed by atoms with E-state index in [0.717, 1.165) is 5.75 Å². The van der Waals surface area contributed by atoms with E-state index in [0.29, 0.717) is 0 Å². The molecule has 0 aromatic heterocycles. The molecule has 0 N–H and O–H groups in total. The van der Waals surface area contributed by atoms with Crippen LogP contribution in [0.3, 0.4) is 0 Å². The predicted molar refractivity (Wildman–Crippen MR) is 67.6 cm³/mol. The second-order valence-corrected chi connectivity index (χ2v) is 5.16. The highest BCUT2D eigenvalue weighted by molar-refractivity contribution is 7.59. The summed E-state index contributed by atoms with van der Waals surface area (Å²) >= 11 is 0. The second-order valence-electron chi connectivity index (χ2n) is 3.57. The Labute approximate surface area is 89.8 Å². The average Bonchev–Trinajstić information content (AvgIpc) is 2.30. The average molecular weight is 214 g/mol. The summed E-state index contributed by atoms with van der Waals surface area (Å²) in [5.74, 6) is 0.972. The maximum Gasteiger partial charge on any atom is 0.131 e. The van der Waals surface area contributed by atoms with Gasteiger partial charge in [-0.1, -0.05) is 48.8 Å². The maximum atomic E-state index is 5.85. The Morgan fingerprint density at radius 1 is 0.867 bits per heavy atom. The van der Waals surface area contributed by atoms with Gasteiger partial charge in [0.15, 0.2) is 0 Å². The van der Waals surface area contributed by atoms with Gasteiger partial charge in [0.1, 0.15) is 5.75 Å². The molecular weight excluding hydrogens is 203 g/mol. The first kappa shape index (κ1) is 8.82. The van der Waals surface area contributed by atoms with Gasteiger partial charge in [0.2, 0.25) is 0 Å². The van der Waals surface area contributed by atoms with Crippen molar-refractivity contribution >= 4 is 19.4 Å². The summed E-state index contributed by atoms with van der Waals surface area (Å²) < 4.78 is 5.85. The maximum absolute atomic E-state index is 5.85. The quantitative estimate of drug-likeness (QED) is 0.613. The summed E-state index contributed by atoms with van der Waals surface area (Å²) in [5.41, 5.74) is 2.47. The van der Waals surface area contributed by atoms with E-state index in [9.17, 15) is 0 Å². The summed E-state index contributed by atoms with van der Waals surface area (Å²) in [7, 11) is -1.11. The topological polar surface area (TPSA) is 9.23 Å². The Morgan fingerprint density at radius 3 is 2.40 bits per heavy atom. The van der Waals surface area contributed by atoms with Gasteiger partial charge in [0, 0.05) is 10.9 Å². The smallest absolute Gasteiger partial charge is 0.131 e. The largest absolute Gasteiger partial charge is 0.476 e. The normalized spacial score (nSPS) is 17.5. The summed E-state index contributed by atoms with van der Waals surface area (Å²) in [5, 5.41) is 1.27. The lowest BCUT2D eigenvalue weighted by atomic mass is 10.0. The van der Waals surface area contributed by atoms with Crippen LogP contribution in [0.15, 0.2) is 48.5 Å². The molecule has 1 atom stereocenters. The van der Waals surface area contributed by atoms with E-state index >= 15 is 0 Å². The van der Waals surface area contributed by atoms with Crippen LogP contribution in [-0.2, 0) is 0 Å². The minimum atomic E-state index is -1.11. The number of rotatable bonds is 0. The van der Waals surface area contributed by atoms with Crippen molar-refractivity contribution in [2.45, 2.75) is 0 Å². The molecule has 74 valence electrons. The van der Waals surface area contributed by atoms with Gasteiger partial charge >= 0.3 is 0 Å². The molecule has 3 rings (SSSR count). The molecule has 2 heteroatoms. The Bertz CT molecular complexity index is 546. The molecule has 0 fully saturated rings. The second kappa shape index (κ2) is 3.29. The van der Waals surface area contributed by atoms with Crippen molar-refractivity contribution in [3.05, 3.63) is 48.5 Å². The van der Waals surface area contributed by atoms with E-state index in [2.05, 4.69) is 30.6 Å². The van der Waals surface area contributed by atoms with Gasteiger partial charge in [-0.05, 0) is 11.6 Å². The van der Waals surface area contributed by atoms with Gasteiger partial charge in [0.25, 0.3) is 0 Å². The van der Waals surface area contributed by atoms with Crippen molar-refractivity contribution in [3.63, 3.8) is 0 Å². The van der Waals surface area contributed by atoms with E-state index in [-0.39, 0.29) is 0 Å². The van der Waals surface area contributed by atoms with Crippen molar-refractivity contribution in [1.82, 2.24) is 0 Å². The Balaban J connectivity index is 2.34. The van der Waals surface area contributed by atoms with E-state index in [1.54, 1.807) is 0 Å². The Morgan fingerprint density at radius 2 is 1.53 bits per heavy atom. The third-order valence-corrected chi connectivity index (χ3v) is 4.14. The van der Waals surface area contributed by atoms with Crippen molar-refractivity contribution < 1.29 is 4.52 Å². The highest BCUT2D eigenvalue weighted by atomic mass is 31.1. The first-order chi connectivity index (χ1) is 7.36. The Kier molecular flexibility index (Phi) is 1.93. The lowest BCUT2D eigenvalue weighted by Crippen LogP contribution is -2.09. The SMILES string of the molecule is C=[PH]1Oc2ccccc2-c2ccccc21. The molecule has 0 radical (unpaired) electrons. The van der Waals surface area contributed by atoms with Crippen LogP contribution in [0.2, 0.25) is 0 Å². The Hall–Kier alpha value is -1.46. The molecular formula is C13H11OP. The highest BCUT2D eigenvalue weighted by Crippen LogP contribution is 2.41. The van der Waals surface area contributed by atoms with Crippen LogP contribution >= 0.6 is 7.77 Å². The highest BCUT2D eigenvalue weighted by Gasteiger charge is 2.17. The zero-order valence-corrected chi connectivity index (χ0v) is 9.23. The fourth-order valence-electron chi connectivity index (χ4n) is 1.93. The molecule has 1 aliphatic heterocycles. The molecule has 2 aromatic rings. The lowest BCUT2D eigenvalue weighted by Gasteiger charge is -2.23. The van der Waals surface area contributed by atoms with Gasteiger partial charge in [-0.15, -0.1) is 0 Å². The number of para-hydroxylation sites is 1. The molecule has 1 aliphatic rings. The molecule has 0 saturated heterocycles. The standard InChI is InChI=1S/C13H11OP/c1-15-13-9-5-3-7-11(13)10-6-2-4-8-12(10)14-15/h2-9,15H,1H2. The summed E-state index contributed by atoms with van der Waals surface area (Å²) in [6, 6.07) is 16.5. The summed E-state index contributed by atoms with van der Waals surface area (Å²) in [6.45, 7) is 0. The van der Waals surface area contributed by atoms with Crippen molar-refractivity contribution in [2.24, 2.45) is 0 Å². The van der Waals surface area contributed by atoms with E-state index in [4.69, 9.17) is 4.52 Å². The molecule has 1 heterocycles. The monoisotopic (exact) mass is 214 g/mol. The number of hydrogen-bond donors (Lipinski definition) is 0. The number of hydrogen-bond acceptors (Lipinski definition) is 1. The zero-order valence-electron chi connectivity index (χ0n) is 8.23. The van der Waals surface area contributed by atoms with Crippen LogP contribution < -0.4 is 9.83 Å². The number of fused-ring (bicyclic) bond motifs is 3. The van der Waals surface area contributed by atoms with Gasteiger partial charge in [-0.25, -0.2) is 0 Å². The van der Waals surface area contributed by atoms with Crippen molar-refractivity contribution in [2.75, 3.05) is 0 Å². The van der Waals surface area contributed by atoms with Gasteiger partial charge in [0.05, 0.1) is 7.77 Å². The zero-order chi connectivity index (χ0) is 10.3. The van der Waals surface area contributed by atoms with Crippen LogP contribution in [0.25, 0.3) is 11.1 Å². The van der Waals surface area contributed by atoms with E-state index in [1.165, 1.54) is 16.4 Å². The lowest BCUT2D eigenvalue weighted by molar-refractivity contribution is 0.635. The molecule has 0 aliphatic carbocycles. The van der Waals surface area contributed by atoms with E-state index in [1.807, 2.05) is 24.3 Å². The third-order valence-electron chi connectivity index (χ3n) is 2.64. The molecule has 15 heavy (non-hydrogen) atoms. The fraction of sp³-hybridized carbons (Fsp3) is 0. The third kappa shape index (κ3) is 1.32. The number of benzene rings is 2. The molecule has 0 bridgehead atoms. The van der Waals surface area contributed by atoms with Crippen LogP contribution in [0.4, 0.5) is 0 Å². The van der Waals surface area contributed by atoms with E-state index < -0.39 is 7.77 Å². The first-order valence-corrected chi connectivity index (χ1v) is 6.53. The summed E-state index contributed by atoms with van der Waals surface area (Å²) in [4.78, 5) is 0. The van der Waals surface area contributed by atoms with Crippen LogP contribution in [0.5, 0.6) is 5.75 Å². The van der Waals surface area contributed by atoms with Crippen LogP contribution in [-0.4, -0.2) is 6.30 Å². The summed E-state index contributed by atoms with van der Waals surface area (Å²) in [6.07, 6.45) is 4.12. The molecule has 1 unspecified atom stereocenters. The molecule has 2 aromatic carbocycles. The van der Waals surface area contributed by atoms with Crippen molar-refractivity contribution in [3.8, 4) is 16.9 Å². The van der Waals surface area contributed by atoms with Gasteiger partial charge < -0.3 is 4.52 Å². The van der Waals surface area contributed by atoms with Gasteiger partial charge in [-0.2, -0.15) is 0 Å². The molecule has 1 nitrogen and oxygen atoms in total. The predicted octanol–water partition coefficient (Wildman–Crippen LogP) is 2.93. The minimum Gasteiger partial charge on any atom is -0.476 e. The van der Waals surface area contributed by atoms with Crippen LogP contribution in [0, 0.1) is 0 Å². The molecule has 0 amide bonds. The van der Waals surface area contributed by atoms with Gasteiger partial charge in [-0.3, -0.25) is 0 Å². The fourth-order valence-corrected chi connectivity index (χ4v) is 3.28.